The molecule has 3 amide bonds. The lowest BCUT2D eigenvalue weighted by atomic mass is 10.2. The van der Waals surface area contributed by atoms with Crippen LogP contribution in [0.5, 0.6) is 0 Å². The van der Waals surface area contributed by atoms with Crippen molar-refractivity contribution >= 4 is 17.7 Å². The minimum absolute atomic E-state index is 0.120. The molecule has 2 rings (SSSR count). The molecule has 16 heavy (non-hydrogen) atoms. The van der Waals surface area contributed by atoms with E-state index in [-0.39, 0.29) is 12.2 Å². The summed E-state index contributed by atoms with van der Waals surface area (Å²) in [4.78, 5) is 35.6. The van der Waals surface area contributed by atoms with Crippen molar-refractivity contribution in [3.05, 3.63) is 18.0 Å². The molecule has 0 aromatic carbocycles. The van der Waals surface area contributed by atoms with Gasteiger partial charge in [0.25, 0.3) is 5.91 Å². The molecule has 1 aliphatic rings. The van der Waals surface area contributed by atoms with Crippen LogP contribution in [0.3, 0.4) is 0 Å². The van der Waals surface area contributed by atoms with Gasteiger partial charge in [-0.25, -0.2) is 0 Å². The number of amides is 3. The Kier molecular flexibility index (Phi) is 2.43. The second kappa shape index (κ2) is 3.76. The molecule has 0 spiro atoms. The van der Waals surface area contributed by atoms with Gasteiger partial charge in [0.1, 0.15) is 18.3 Å². The van der Waals surface area contributed by atoms with E-state index < -0.39 is 23.8 Å². The predicted octanol–water partition coefficient (Wildman–Crippen LogP) is -1.10. The average Bonchev–Trinajstić information content (AvgIpc) is 2.75. The van der Waals surface area contributed by atoms with Gasteiger partial charge in [0.15, 0.2) is 0 Å². The lowest BCUT2D eigenvalue weighted by molar-refractivity contribution is -0.138. The SMILES string of the molecule is CC1C(=O)NC(=O)CN1C(=O)c1ccn[nH]1. The molecule has 0 bridgehead atoms. The number of hydrogen-bond donors (Lipinski definition) is 2. The fourth-order valence-electron chi connectivity index (χ4n) is 1.49. The first-order valence-corrected chi connectivity index (χ1v) is 4.73. The monoisotopic (exact) mass is 222 g/mol. The lowest BCUT2D eigenvalue weighted by Crippen LogP contribution is -2.58. The molecule has 1 aromatic heterocycles. The summed E-state index contributed by atoms with van der Waals surface area (Å²) in [5, 5.41) is 8.31. The molecular formula is C9H10N4O3. The van der Waals surface area contributed by atoms with Crippen LogP contribution in [0, 0.1) is 0 Å². The van der Waals surface area contributed by atoms with Crippen molar-refractivity contribution < 1.29 is 14.4 Å². The number of H-pyrrole nitrogens is 1. The van der Waals surface area contributed by atoms with Crippen LogP contribution in [0.4, 0.5) is 0 Å². The zero-order valence-corrected chi connectivity index (χ0v) is 8.56. The standard InChI is InChI=1S/C9H10N4O3/c1-5-8(15)11-7(14)4-13(5)9(16)6-2-3-10-12-6/h2-3,5H,4H2,1H3,(H,10,12)(H,11,14,15). The van der Waals surface area contributed by atoms with E-state index in [1.54, 1.807) is 6.92 Å². The first-order valence-electron chi connectivity index (χ1n) is 4.73. The molecule has 1 aromatic rings. The average molecular weight is 222 g/mol. The Morgan fingerprint density at radius 1 is 1.56 bits per heavy atom. The zero-order valence-electron chi connectivity index (χ0n) is 8.56. The summed E-state index contributed by atoms with van der Waals surface area (Å²) in [5.74, 6) is -1.35. The number of imide groups is 1. The van der Waals surface area contributed by atoms with Gasteiger partial charge in [0.05, 0.1) is 0 Å². The minimum Gasteiger partial charge on any atom is -0.316 e. The van der Waals surface area contributed by atoms with Crippen LogP contribution >= 0.6 is 0 Å². The highest BCUT2D eigenvalue weighted by atomic mass is 16.2. The van der Waals surface area contributed by atoms with Crippen LogP contribution in [-0.2, 0) is 9.59 Å². The fourth-order valence-corrected chi connectivity index (χ4v) is 1.49. The molecular weight excluding hydrogens is 212 g/mol. The van der Waals surface area contributed by atoms with Crippen LogP contribution in [0.2, 0.25) is 0 Å². The first-order chi connectivity index (χ1) is 7.59. The maximum Gasteiger partial charge on any atom is 0.273 e. The summed E-state index contributed by atoms with van der Waals surface area (Å²) < 4.78 is 0. The summed E-state index contributed by atoms with van der Waals surface area (Å²) in [5.41, 5.74) is 0.259. The number of nitrogens with zero attached hydrogens (tertiary/aromatic N) is 2. The predicted molar refractivity (Wildman–Crippen MR) is 52.2 cm³/mol. The van der Waals surface area contributed by atoms with Crippen molar-refractivity contribution in [2.24, 2.45) is 0 Å². The molecule has 7 heteroatoms. The van der Waals surface area contributed by atoms with E-state index in [1.165, 1.54) is 17.2 Å². The Balaban J connectivity index is 2.23. The summed E-state index contributed by atoms with van der Waals surface area (Å²) in [6.45, 7) is 1.45. The third kappa shape index (κ3) is 1.67. The highest BCUT2D eigenvalue weighted by molar-refractivity contribution is 6.06. The number of carbonyl (C=O) groups is 3. The van der Waals surface area contributed by atoms with E-state index in [1.807, 2.05) is 0 Å². The normalized spacial score (nSPS) is 20.8. The van der Waals surface area contributed by atoms with Crippen molar-refractivity contribution in [1.82, 2.24) is 20.4 Å². The Bertz CT molecular complexity index is 440. The molecule has 0 radical (unpaired) electrons. The van der Waals surface area contributed by atoms with Gasteiger partial charge in [-0.05, 0) is 13.0 Å². The highest BCUT2D eigenvalue weighted by Crippen LogP contribution is 2.09. The largest absolute Gasteiger partial charge is 0.316 e. The molecule has 1 atom stereocenters. The van der Waals surface area contributed by atoms with Crippen LogP contribution in [0.25, 0.3) is 0 Å². The Hall–Kier alpha value is -2.18. The van der Waals surface area contributed by atoms with Crippen molar-refractivity contribution in [3.63, 3.8) is 0 Å². The maximum absolute atomic E-state index is 11.9. The van der Waals surface area contributed by atoms with Gasteiger partial charge in [-0.15, -0.1) is 0 Å². The molecule has 2 heterocycles. The smallest absolute Gasteiger partial charge is 0.273 e. The van der Waals surface area contributed by atoms with Gasteiger partial charge in [-0.2, -0.15) is 5.10 Å². The molecule has 0 saturated carbocycles. The van der Waals surface area contributed by atoms with E-state index in [0.29, 0.717) is 0 Å². The van der Waals surface area contributed by atoms with Crippen molar-refractivity contribution in [2.45, 2.75) is 13.0 Å². The number of piperazine rings is 1. The Morgan fingerprint density at radius 3 is 2.94 bits per heavy atom. The Morgan fingerprint density at radius 2 is 2.31 bits per heavy atom. The van der Waals surface area contributed by atoms with Crippen LogP contribution in [0.15, 0.2) is 12.3 Å². The third-order valence-electron chi connectivity index (χ3n) is 2.42. The second-order valence-electron chi connectivity index (χ2n) is 3.49. The van der Waals surface area contributed by atoms with E-state index in [4.69, 9.17) is 0 Å². The third-order valence-corrected chi connectivity index (χ3v) is 2.42. The number of aromatic nitrogens is 2. The van der Waals surface area contributed by atoms with Crippen LogP contribution < -0.4 is 5.32 Å². The van der Waals surface area contributed by atoms with Gasteiger partial charge in [0, 0.05) is 6.20 Å². The summed E-state index contributed by atoms with van der Waals surface area (Å²) in [7, 11) is 0. The van der Waals surface area contributed by atoms with E-state index in [0.717, 1.165) is 0 Å². The molecule has 0 aliphatic carbocycles. The van der Waals surface area contributed by atoms with Crippen molar-refractivity contribution in [2.75, 3.05) is 6.54 Å². The molecule has 1 unspecified atom stereocenters. The topological polar surface area (TPSA) is 95.2 Å². The maximum atomic E-state index is 11.9. The quantitative estimate of drug-likeness (QED) is 0.589. The van der Waals surface area contributed by atoms with Crippen LogP contribution in [0.1, 0.15) is 17.4 Å². The fraction of sp³-hybridized carbons (Fsp3) is 0.333. The minimum atomic E-state index is -0.659. The number of nitrogens with one attached hydrogen (secondary N) is 2. The molecule has 1 aliphatic heterocycles. The van der Waals surface area contributed by atoms with Gasteiger partial charge >= 0.3 is 0 Å². The molecule has 7 nitrogen and oxygen atoms in total. The van der Waals surface area contributed by atoms with Crippen LogP contribution in [-0.4, -0.2) is 45.4 Å². The first kappa shape index (κ1) is 10.3. The summed E-state index contributed by atoms with van der Waals surface area (Å²) in [6, 6.07) is 0.833. The summed E-state index contributed by atoms with van der Waals surface area (Å²) >= 11 is 0. The highest BCUT2D eigenvalue weighted by Gasteiger charge is 2.34. The van der Waals surface area contributed by atoms with E-state index in [9.17, 15) is 14.4 Å². The molecule has 1 fully saturated rings. The van der Waals surface area contributed by atoms with Gasteiger partial charge in [-0.3, -0.25) is 24.8 Å². The number of aromatic amines is 1. The van der Waals surface area contributed by atoms with E-state index >= 15 is 0 Å². The van der Waals surface area contributed by atoms with Gasteiger partial charge in [0.2, 0.25) is 11.8 Å². The van der Waals surface area contributed by atoms with Crippen molar-refractivity contribution in [3.8, 4) is 0 Å². The number of carbonyl (C=O) groups excluding carboxylic acids is 3. The van der Waals surface area contributed by atoms with E-state index in [2.05, 4.69) is 15.5 Å². The number of hydrogen-bond acceptors (Lipinski definition) is 4. The number of rotatable bonds is 1. The van der Waals surface area contributed by atoms with Gasteiger partial charge in [-0.1, -0.05) is 0 Å². The molecule has 1 saturated heterocycles. The summed E-state index contributed by atoms with van der Waals surface area (Å²) in [6.07, 6.45) is 1.43. The molecule has 84 valence electrons. The zero-order chi connectivity index (χ0) is 11.7. The Labute approximate surface area is 90.8 Å². The molecule has 2 N–H and O–H groups in total. The lowest BCUT2D eigenvalue weighted by Gasteiger charge is -2.31. The second-order valence-corrected chi connectivity index (χ2v) is 3.49. The van der Waals surface area contributed by atoms with Gasteiger partial charge < -0.3 is 4.90 Å². The van der Waals surface area contributed by atoms with Crippen molar-refractivity contribution in [1.29, 1.82) is 0 Å².